The van der Waals surface area contributed by atoms with Gasteiger partial charge in [-0.2, -0.15) is 0 Å². The molecular formula is C29H30O5. The number of fused-ring (bicyclic) bond motifs is 1. The van der Waals surface area contributed by atoms with Crippen LogP contribution in [0.1, 0.15) is 53.6 Å². The zero-order valence-corrected chi connectivity index (χ0v) is 19.2. The molecule has 5 nitrogen and oxygen atoms in total. The second-order valence-corrected chi connectivity index (χ2v) is 8.33. The van der Waals surface area contributed by atoms with Crippen LogP contribution >= 0.6 is 0 Å². The highest BCUT2D eigenvalue weighted by atomic mass is 16.7. The van der Waals surface area contributed by atoms with E-state index >= 15 is 0 Å². The summed E-state index contributed by atoms with van der Waals surface area (Å²) >= 11 is 0. The zero-order chi connectivity index (χ0) is 23.6. The quantitative estimate of drug-likeness (QED) is 0.187. The van der Waals surface area contributed by atoms with Gasteiger partial charge in [-0.15, -0.1) is 0 Å². The molecule has 0 amide bonds. The van der Waals surface area contributed by atoms with Crippen LogP contribution in [0.25, 0.3) is 0 Å². The number of rotatable bonds is 12. The van der Waals surface area contributed by atoms with Crippen molar-refractivity contribution >= 4 is 5.78 Å². The van der Waals surface area contributed by atoms with E-state index in [0.717, 1.165) is 55.6 Å². The molecule has 4 rings (SSSR count). The Labute approximate surface area is 200 Å². The predicted octanol–water partition coefficient (Wildman–Crippen LogP) is 6.63. The van der Waals surface area contributed by atoms with Gasteiger partial charge in [0.15, 0.2) is 17.3 Å². The number of allylic oxidation sites excluding steroid dienone is 2. The molecule has 1 heterocycles. The Morgan fingerprint density at radius 3 is 2.59 bits per heavy atom. The minimum absolute atomic E-state index is 0.0660. The van der Waals surface area contributed by atoms with Crippen LogP contribution in [0, 0.1) is 0 Å². The average Bonchev–Trinajstić information content (AvgIpc) is 3.33. The Morgan fingerprint density at radius 2 is 1.71 bits per heavy atom. The number of ether oxygens (including phenoxy) is 3. The fourth-order valence-corrected chi connectivity index (χ4v) is 3.94. The molecule has 34 heavy (non-hydrogen) atoms. The van der Waals surface area contributed by atoms with Crippen LogP contribution in [-0.4, -0.2) is 17.7 Å². The number of hydrogen-bond donors (Lipinski definition) is 1. The van der Waals surface area contributed by atoms with Gasteiger partial charge >= 0.3 is 0 Å². The lowest BCUT2D eigenvalue weighted by molar-refractivity contribution is 0.103. The van der Waals surface area contributed by atoms with Gasteiger partial charge in [-0.25, -0.2) is 0 Å². The largest absolute Gasteiger partial charge is 0.507 e. The number of phenols is 1. The number of carbonyl (C=O) groups is 1. The van der Waals surface area contributed by atoms with Crippen LogP contribution in [0.3, 0.4) is 0 Å². The summed E-state index contributed by atoms with van der Waals surface area (Å²) in [5.41, 5.74) is 2.47. The first-order valence-electron chi connectivity index (χ1n) is 11.8. The molecule has 0 atom stereocenters. The second kappa shape index (κ2) is 11.9. The van der Waals surface area contributed by atoms with Gasteiger partial charge in [-0.1, -0.05) is 61.4 Å². The predicted molar refractivity (Wildman–Crippen MR) is 132 cm³/mol. The maximum absolute atomic E-state index is 12.7. The molecule has 1 aliphatic heterocycles. The van der Waals surface area contributed by atoms with Crippen molar-refractivity contribution in [3.05, 3.63) is 95.6 Å². The lowest BCUT2D eigenvalue weighted by atomic mass is 10.0. The molecule has 0 bridgehead atoms. The Kier molecular flexibility index (Phi) is 8.22. The monoisotopic (exact) mass is 458 g/mol. The van der Waals surface area contributed by atoms with Crippen molar-refractivity contribution in [1.82, 2.24) is 0 Å². The van der Waals surface area contributed by atoms with Crippen molar-refractivity contribution in [2.75, 3.05) is 6.79 Å². The number of phenolic OH excluding ortho intramolecular Hbond substituents is 1. The Hall–Kier alpha value is -3.73. The van der Waals surface area contributed by atoms with Gasteiger partial charge in [-0.3, -0.25) is 4.79 Å². The molecule has 0 fully saturated rings. The van der Waals surface area contributed by atoms with Gasteiger partial charge in [0.2, 0.25) is 6.79 Å². The molecule has 3 aromatic carbocycles. The molecule has 0 aliphatic carbocycles. The molecule has 5 heteroatoms. The molecule has 0 spiro atoms. The minimum atomic E-state index is -0.246. The van der Waals surface area contributed by atoms with Crippen LogP contribution in [-0.2, 0) is 13.0 Å². The highest BCUT2D eigenvalue weighted by molar-refractivity contribution is 6.08. The summed E-state index contributed by atoms with van der Waals surface area (Å²) < 4.78 is 16.6. The highest BCUT2D eigenvalue weighted by Crippen LogP contribution is 2.33. The van der Waals surface area contributed by atoms with Crippen molar-refractivity contribution in [3.8, 4) is 23.0 Å². The minimum Gasteiger partial charge on any atom is -0.507 e. The molecule has 1 N–H and O–H groups in total. The Bertz CT molecular complexity index is 1120. The SMILES string of the molecule is O=C(/C=C/CCCCCCc1ccc2c(c1)OCO2)c1c(O)cccc1OCc1ccccc1. The number of aromatic hydroxyl groups is 1. The third-order valence-electron chi connectivity index (χ3n) is 5.78. The van der Waals surface area contributed by atoms with Crippen LogP contribution in [0.2, 0.25) is 0 Å². The lowest BCUT2D eigenvalue weighted by Gasteiger charge is -2.11. The lowest BCUT2D eigenvalue weighted by Crippen LogP contribution is -2.03. The summed E-state index contributed by atoms with van der Waals surface area (Å²) in [6.45, 7) is 0.640. The summed E-state index contributed by atoms with van der Waals surface area (Å²) in [6.07, 6.45) is 9.63. The summed E-state index contributed by atoms with van der Waals surface area (Å²) in [4.78, 5) is 12.7. The van der Waals surface area contributed by atoms with Crippen LogP contribution in [0.5, 0.6) is 23.0 Å². The van der Waals surface area contributed by atoms with Crippen molar-refractivity contribution < 1.29 is 24.1 Å². The van der Waals surface area contributed by atoms with Crippen molar-refractivity contribution in [2.45, 2.75) is 45.1 Å². The van der Waals surface area contributed by atoms with Crippen molar-refractivity contribution in [1.29, 1.82) is 0 Å². The molecule has 0 radical (unpaired) electrons. The van der Waals surface area contributed by atoms with E-state index in [4.69, 9.17) is 14.2 Å². The van der Waals surface area contributed by atoms with E-state index in [1.807, 2.05) is 42.5 Å². The zero-order valence-electron chi connectivity index (χ0n) is 19.2. The number of carbonyl (C=O) groups excluding carboxylic acids is 1. The third kappa shape index (κ3) is 6.41. The summed E-state index contributed by atoms with van der Waals surface area (Å²) in [5.74, 6) is 1.74. The molecule has 176 valence electrons. The summed E-state index contributed by atoms with van der Waals surface area (Å²) in [7, 11) is 0. The Morgan fingerprint density at radius 1 is 0.882 bits per heavy atom. The molecular weight excluding hydrogens is 428 g/mol. The smallest absolute Gasteiger partial charge is 0.231 e. The van der Waals surface area contributed by atoms with Crippen LogP contribution in [0.15, 0.2) is 78.9 Å². The van der Waals surface area contributed by atoms with E-state index < -0.39 is 0 Å². The van der Waals surface area contributed by atoms with Crippen molar-refractivity contribution in [2.24, 2.45) is 0 Å². The average molecular weight is 459 g/mol. The molecule has 0 unspecified atom stereocenters. The number of hydrogen-bond acceptors (Lipinski definition) is 5. The maximum atomic E-state index is 12.7. The summed E-state index contributed by atoms with van der Waals surface area (Å²) in [6, 6.07) is 20.8. The number of benzene rings is 3. The van der Waals surface area contributed by atoms with Gasteiger partial charge in [-0.05, 0) is 67.2 Å². The first kappa shape index (κ1) is 23.4. The number of aryl methyl sites for hydroxylation is 1. The Balaban J connectivity index is 1.19. The van der Waals surface area contributed by atoms with Gasteiger partial charge < -0.3 is 19.3 Å². The van der Waals surface area contributed by atoms with Gasteiger partial charge in [0, 0.05) is 0 Å². The van der Waals surface area contributed by atoms with Gasteiger partial charge in [0.25, 0.3) is 0 Å². The molecule has 1 aliphatic rings. The van der Waals surface area contributed by atoms with Crippen LogP contribution in [0.4, 0.5) is 0 Å². The van der Waals surface area contributed by atoms with Gasteiger partial charge in [0.1, 0.15) is 23.7 Å². The first-order chi connectivity index (χ1) is 16.7. The maximum Gasteiger partial charge on any atom is 0.231 e. The van der Waals surface area contributed by atoms with Gasteiger partial charge in [0.05, 0.1) is 0 Å². The normalized spacial score (nSPS) is 12.2. The first-order valence-corrected chi connectivity index (χ1v) is 11.8. The van der Waals surface area contributed by atoms with E-state index in [2.05, 4.69) is 12.1 Å². The standard InChI is InChI=1S/C29H30O5/c30-24(29-25(31)15-10-16-27(29)32-20-23-12-7-5-8-13-23)14-9-4-2-1-3-6-11-22-17-18-26-28(19-22)34-21-33-26/h5,7-10,12-19,31H,1-4,6,11,20-21H2/b14-9+. The second-order valence-electron chi connectivity index (χ2n) is 8.33. The molecule has 0 saturated heterocycles. The van der Waals surface area contributed by atoms with Crippen molar-refractivity contribution in [3.63, 3.8) is 0 Å². The molecule has 0 aromatic heterocycles. The van der Waals surface area contributed by atoms with E-state index in [1.165, 1.54) is 17.7 Å². The fraction of sp³-hybridized carbons (Fsp3) is 0.276. The number of unbranched alkanes of at least 4 members (excludes halogenated alkanes) is 4. The summed E-state index contributed by atoms with van der Waals surface area (Å²) in [5, 5.41) is 10.3. The third-order valence-corrected chi connectivity index (χ3v) is 5.78. The molecule has 3 aromatic rings. The van der Waals surface area contributed by atoms with E-state index in [0.29, 0.717) is 19.1 Å². The van der Waals surface area contributed by atoms with Crippen LogP contribution < -0.4 is 14.2 Å². The fourth-order valence-electron chi connectivity index (χ4n) is 3.94. The van der Waals surface area contributed by atoms with E-state index in [1.54, 1.807) is 12.1 Å². The molecule has 0 saturated carbocycles. The van der Waals surface area contributed by atoms with E-state index in [9.17, 15) is 9.90 Å². The highest BCUT2D eigenvalue weighted by Gasteiger charge is 2.15. The topological polar surface area (TPSA) is 65.0 Å². The number of ketones is 1. The van der Waals surface area contributed by atoms with E-state index in [-0.39, 0.29) is 17.1 Å².